The van der Waals surface area contributed by atoms with Gasteiger partial charge in [0.25, 0.3) is 0 Å². The lowest BCUT2D eigenvalue weighted by Crippen LogP contribution is -2.49. The molecule has 2 aliphatic rings. The number of nitrogens with zero attached hydrogens (tertiary/aromatic N) is 6. The van der Waals surface area contributed by atoms with E-state index in [1.54, 1.807) is 0 Å². The molecular formula is C21H27F3N6O3S. The number of ether oxygens (including phenoxy) is 1. The highest BCUT2D eigenvalue weighted by molar-refractivity contribution is 7.89. The highest BCUT2D eigenvalue weighted by atomic mass is 32.2. The molecule has 0 spiro atoms. The number of piperazine rings is 2. The molecule has 186 valence electrons. The van der Waals surface area contributed by atoms with Gasteiger partial charge in [0, 0.05) is 58.4 Å². The number of hydrogen-bond donors (Lipinski definition) is 0. The van der Waals surface area contributed by atoms with E-state index in [2.05, 4.69) is 31.6 Å². The van der Waals surface area contributed by atoms with Crippen LogP contribution >= 0.6 is 0 Å². The fourth-order valence-electron chi connectivity index (χ4n) is 4.07. The van der Waals surface area contributed by atoms with Crippen LogP contribution in [0.1, 0.15) is 5.82 Å². The van der Waals surface area contributed by atoms with E-state index in [0.717, 1.165) is 44.1 Å². The number of likely N-dealkylation sites (N-methyl/N-ethyl adjacent to an activating group) is 1. The maximum Gasteiger partial charge on any atom is 0.573 e. The van der Waals surface area contributed by atoms with Gasteiger partial charge in [0.2, 0.25) is 10.0 Å². The highest BCUT2D eigenvalue weighted by Gasteiger charge is 2.36. The molecule has 1 aromatic heterocycles. The van der Waals surface area contributed by atoms with Crippen molar-refractivity contribution in [3.63, 3.8) is 0 Å². The van der Waals surface area contributed by atoms with Gasteiger partial charge in [-0.15, -0.1) is 13.2 Å². The molecule has 2 aromatic rings. The van der Waals surface area contributed by atoms with Gasteiger partial charge in [-0.3, -0.25) is 0 Å². The predicted molar refractivity (Wildman–Crippen MR) is 121 cm³/mol. The van der Waals surface area contributed by atoms with Crippen molar-refractivity contribution in [1.29, 1.82) is 0 Å². The fourth-order valence-corrected chi connectivity index (χ4v) is 5.60. The summed E-state index contributed by atoms with van der Waals surface area (Å²) in [5.41, 5.74) is 0. The maximum absolute atomic E-state index is 13.1. The standard InChI is InChI=1S/C21H27F3N6O3S/c1-16-25-19(28-9-7-27(2)8-10-28)15-20(26-16)29-11-13-30(14-12-29)34(31,32)18-6-4-3-5-17(18)33-21(22,23)24/h3-6,15H,7-14H2,1-2H3. The molecule has 0 radical (unpaired) electrons. The summed E-state index contributed by atoms with van der Waals surface area (Å²) in [4.78, 5) is 15.0. The molecule has 34 heavy (non-hydrogen) atoms. The monoisotopic (exact) mass is 500 g/mol. The predicted octanol–water partition coefficient (Wildman–Crippen LogP) is 1.95. The first-order chi connectivity index (χ1) is 16.0. The van der Waals surface area contributed by atoms with Crippen LogP contribution in [0.2, 0.25) is 0 Å². The van der Waals surface area contributed by atoms with E-state index < -0.39 is 27.0 Å². The van der Waals surface area contributed by atoms with Crippen LogP contribution in [0.3, 0.4) is 0 Å². The number of para-hydroxylation sites is 1. The zero-order valence-corrected chi connectivity index (χ0v) is 19.8. The number of rotatable bonds is 5. The largest absolute Gasteiger partial charge is 0.573 e. The second kappa shape index (κ2) is 9.55. The Morgan fingerprint density at radius 3 is 1.97 bits per heavy atom. The van der Waals surface area contributed by atoms with Gasteiger partial charge in [-0.2, -0.15) is 4.31 Å². The summed E-state index contributed by atoms with van der Waals surface area (Å²) in [5.74, 6) is 1.43. The van der Waals surface area contributed by atoms with E-state index in [4.69, 9.17) is 0 Å². The fraction of sp³-hybridized carbons (Fsp3) is 0.524. The zero-order valence-electron chi connectivity index (χ0n) is 19.0. The number of hydrogen-bond acceptors (Lipinski definition) is 8. The molecule has 0 N–H and O–H groups in total. The Morgan fingerprint density at radius 1 is 0.882 bits per heavy atom. The first-order valence-electron chi connectivity index (χ1n) is 10.9. The number of sulfonamides is 1. The number of halogens is 3. The first-order valence-corrected chi connectivity index (χ1v) is 12.4. The average molecular weight is 501 g/mol. The normalized spacial score (nSPS) is 18.9. The van der Waals surface area contributed by atoms with Crippen molar-refractivity contribution in [1.82, 2.24) is 19.2 Å². The minimum atomic E-state index is -4.99. The summed E-state index contributed by atoms with van der Waals surface area (Å²) >= 11 is 0. The Morgan fingerprint density at radius 2 is 1.41 bits per heavy atom. The Hall–Kier alpha value is -2.64. The minimum Gasteiger partial charge on any atom is -0.404 e. The Kier molecular flexibility index (Phi) is 6.87. The zero-order chi connectivity index (χ0) is 24.5. The van der Waals surface area contributed by atoms with E-state index in [1.807, 2.05) is 17.9 Å². The van der Waals surface area contributed by atoms with Crippen LogP contribution in [0, 0.1) is 6.92 Å². The highest BCUT2D eigenvalue weighted by Crippen LogP contribution is 2.32. The molecule has 2 aliphatic heterocycles. The lowest BCUT2D eigenvalue weighted by atomic mass is 10.3. The molecule has 0 saturated carbocycles. The van der Waals surface area contributed by atoms with Crippen LogP contribution in [0.4, 0.5) is 24.8 Å². The molecule has 9 nitrogen and oxygen atoms in total. The molecule has 0 unspecified atom stereocenters. The van der Waals surface area contributed by atoms with Gasteiger partial charge in [0.05, 0.1) is 0 Å². The molecule has 2 fully saturated rings. The third-order valence-electron chi connectivity index (χ3n) is 5.89. The van der Waals surface area contributed by atoms with Crippen LogP contribution in [0.15, 0.2) is 35.2 Å². The van der Waals surface area contributed by atoms with Crippen LogP contribution in [0.5, 0.6) is 5.75 Å². The molecule has 0 bridgehead atoms. The summed E-state index contributed by atoms with van der Waals surface area (Å²) in [7, 11) is -2.09. The van der Waals surface area contributed by atoms with Gasteiger partial charge in [-0.05, 0) is 26.1 Å². The second-order valence-corrected chi connectivity index (χ2v) is 10.2. The summed E-state index contributed by atoms with van der Waals surface area (Å²) in [6.45, 7) is 6.32. The molecule has 0 amide bonds. The van der Waals surface area contributed by atoms with E-state index >= 15 is 0 Å². The maximum atomic E-state index is 13.1. The molecule has 13 heteroatoms. The third kappa shape index (κ3) is 5.53. The lowest BCUT2D eigenvalue weighted by molar-refractivity contribution is -0.275. The molecule has 0 aliphatic carbocycles. The molecule has 3 heterocycles. The minimum absolute atomic E-state index is 0.107. The van der Waals surface area contributed by atoms with Gasteiger partial charge < -0.3 is 19.4 Å². The molecule has 1 aromatic carbocycles. The summed E-state index contributed by atoms with van der Waals surface area (Å²) in [6, 6.07) is 6.71. The van der Waals surface area contributed by atoms with Crippen molar-refractivity contribution < 1.29 is 26.3 Å². The Balaban J connectivity index is 1.48. The van der Waals surface area contributed by atoms with Crippen molar-refractivity contribution in [2.24, 2.45) is 0 Å². The van der Waals surface area contributed by atoms with Gasteiger partial charge in [0.1, 0.15) is 28.1 Å². The number of benzene rings is 1. The average Bonchev–Trinajstić information content (AvgIpc) is 2.78. The van der Waals surface area contributed by atoms with E-state index in [-0.39, 0.29) is 13.1 Å². The lowest BCUT2D eigenvalue weighted by Gasteiger charge is -2.36. The second-order valence-electron chi connectivity index (χ2n) is 8.31. The van der Waals surface area contributed by atoms with E-state index in [9.17, 15) is 21.6 Å². The Labute approximate surface area is 196 Å². The van der Waals surface area contributed by atoms with Gasteiger partial charge in [-0.1, -0.05) is 12.1 Å². The van der Waals surface area contributed by atoms with Crippen molar-refractivity contribution in [2.75, 3.05) is 69.2 Å². The van der Waals surface area contributed by atoms with Crippen LogP contribution < -0.4 is 14.5 Å². The SMILES string of the molecule is Cc1nc(N2CCN(C)CC2)cc(N2CCN(S(=O)(=O)c3ccccc3OC(F)(F)F)CC2)n1. The molecular weight excluding hydrogens is 473 g/mol. The molecule has 2 saturated heterocycles. The summed E-state index contributed by atoms with van der Waals surface area (Å²) < 4.78 is 69.6. The van der Waals surface area contributed by atoms with Crippen molar-refractivity contribution in [2.45, 2.75) is 18.2 Å². The summed E-state index contributed by atoms with van der Waals surface area (Å²) in [5, 5.41) is 0. The van der Waals surface area contributed by atoms with Gasteiger partial charge in [0.15, 0.2) is 0 Å². The first kappa shape index (κ1) is 24.5. The van der Waals surface area contributed by atoms with Crippen molar-refractivity contribution >= 4 is 21.7 Å². The molecule has 0 atom stereocenters. The van der Waals surface area contributed by atoms with Crippen molar-refractivity contribution in [3.05, 3.63) is 36.2 Å². The van der Waals surface area contributed by atoms with Crippen LogP contribution in [0.25, 0.3) is 0 Å². The number of aromatic nitrogens is 2. The van der Waals surface area contributed by atoms with Gasteiger partial charge >= 0.3 is 6.36 Å². The summed E-state index contributed by atoms with van der Waals surface area (Å²) in [6.07, 6.45) is -4.99. The topological polar surface area (TPSA) is 82.1 Å². The Bertz CT molecular complexity index is 1110. The van der Waals surface area contributed by atoms with Crippen molar-refractivity contribution in [3.8, 4) is 5.75 Å². The third-order valence-corrected chi connectivity index (χ3v) is 7.83. The number of alkyl halides is 3. The number of anilines is 2. The smallest absolute Gasteiger partial charge is 0.404 e. The van der Waals surface area contributed by atoms with E-state index in [0.29, 0.717) is 24.7 Å². The number of aryl methyl sites for hydroxylation is 1. The molecule has 4 rings (SSSR count). The van der Waals surface area contributed by atoms with E-state index in [1.165, 1.54) is 16.4 Å². The van der Waals surface area contributed by atoms with Gasteiger partial charge in [-0.25, -0.2) is 18.4 Å². The quantitative estimate of drug-likeness (QED) is 0.616. The van der Waals surface area contributed by atoms with Crippen LogP contribution in [-0.4, -0.2) is 93.4 Å². The van der Waals surface area contributed by atoms with Crippen LogP contribution in [-0.2, 0) is 10.0 Å².